The maximum atomic E-state index is 14.1. The molecule has 0 aliphatic carbocycles. The minimum absolute atomic E-state index is 0.0292. The summed E-state index contributed by atoms with van der Waals surface area (Å²) in [6.45, 7) is 2.84. The normalized spacial score (nSPS) is 15.6. The Hall–Kier alpha value is -3.81. The highest BCUT2D eigenvalue weighted by Crippen LogP contribution is 2.35. The van der Waals surface area contributed by atoms with Crippen LogP contribution in [-0.4, -0.2) is 32.3 Å². The predicted octanol–water partition coefficient (Wildman–Crippen LogP) is 4.45. The standard InChI is InChI=1S/C24H20F2N4O2/c1-14-19(12-29(2)27-14)20-13-30(11-15-5-3-4-6-17(15)20)24(31)22-10-23(32-28-22)18-8-7-16(25)9-21(18)26/h3-10,12,20H,11,13H2,1-2H3. The van der Waals surface area contributed by atoms with Crippen molar-refractivity contribution >= 4 is 5.91 Å². The molecular formula is C24H20F2N4O2. The number of amides is 1. The van der Waals surface area contributed by atoms with E-state index in [0.717, 1.165) is 29.0 Å². The van der Waals surface area contributed by atoms with Gasteiger partial charge >= 0.3 is 0 Å². The number of carbonyl (C=O) groups excluding carboxylic acids is 1. The van der Waals surface area contributed by atoms with Crippen LogP contribution in [-0.2, 0) is 13.6 Å². The molecule has 2 aromatic carbocycles. The Morgan fingerprint density at radius 2 is 1.94 bits per heavy atom. The van der Waals surface area contributed by atoms with Crippen LogP contribution in [0.1, 0.15) is 38.8 Å². The van der Waals surface area contributed by atoms with Crippen molar-refractivity contribution in [3.8, 4) is 11.3 Å². The maximum absolute atomic E-state index is 14.1. The first kappa shape index (κ1) is 20.1. The summed E-state index contributed by atoms with van der Waals surface area (Å²) >= 11 is 0. The van der Waals surface area contributed by atoms with E-state index in [0.29, 0.717) is 13.1 Å². The molecule has 0 saturated carbocycles. The molecule has 1 aliphatic rings. The van der Waals surface area contributed by atoms with E-state index in [9.17, 15) is 13.6 Å². The summed E-state index contributed by atoms with van der Waals surface area (Å²) in [5.74, 6) is -1.74. The number of aromatic nitrogens is 3. The van der Waals surface area contributed by atoms with Crippen LogP contribution in [0.3, 0.4) is 0 Å². The first-order chi connectivity index (χ1) is 15.4. The Bertz CT molecular complexity index is 1330. The number of aryl methyl sites for hydroxylation is 2. The van der Waals surface area contributed by atoms with Gasteiger partial charge in [-0.25, -0.2) is 8.78 Å². The van der Waals surface area contributed by atoms with E-state index in [4.69, 9.17) is 4.52 Å². The van der Waals surface area contributed by atoms with E-state index in [2.05, 4.69) is 16.3 Å². The van der Waals surface area contributed by atoms with E-state index >= 15 is 0 Å². The van der Waals surface area contributed by atoms with Crippen LogP contribution in [0.5, 0.6) is 0 Å². The molecule has 6 nitrogen and oxygen atoms in total. The summed E-state index contributed by atoms with van der Waals surface area (Å²) in [6, 6.07) is 12.6. The Labute approximate surface area is 183 Å². The van der Waals surface area contributed by atoms with Crippen molar-refractivity contribution in [3.63, 3.8) is 0 Å². The molecule has 0 spiro atoms. The Balaban J connectivity index is 1.47. The van der Waals surface area contributed by atoms with Crippen molar-refractivity contribution in [2.45, 2.75) is 19.4 Å². The van der Waals surface area contributed by atoms with Gasteiger partial charge in [-0.15, -0.1) is 0 Å². The third kappa shape index (κ3) is 3.47. The Morgan fingerprint density at radius 3 is 2.69 bits per heavy atom. The molecule has 162 valence electrons. The lowest BCUT2D eigenvalue weighted by Gasteiger charge is -2.34. The molecule has 1 atom stereocenters. The number of halogens is 2. The number of nitrogens with zero attached hydrogens (tertiary/aromatic N) is 4. The number of fused-ring (bicyclic) bond motifs is 1. The van der Waals surface area contributed by atoms with Crippen LogP contribution in [0.25, 0.3) is 11.3 Å². The van der Waals surface area contributed by atoms with Gasteiger partial charge in [0.25, 0.3) is 5.91 Å². The number of hydrogen-bond donors (Lipinski definition) is 0. The molecule has 1 amide bonds. The van der Waals surface area contributed by atoms with Gasteiger partial charge in [-0.1, -0.05) is 29.4 Å². The van der Waals surface area contributed by atoms with Crippen molar-refractivity contribution in [3.05, 3.63) is 94.4 Å². The quantitative estimate of drug-likeness (QED) is 0.478. The summed E-state index contributed by atoms with van der Waals surface area (Å²) in [6.07, 6.45) is 1.98. The van der Waals surface area contributed by atoms with Gasteiger partial charge in [0.2, 0.25) is 0 Å². The summed E-state index contributed by atoms with van der Waals surface area (Å²) in [5, 5.41) is 8.33. The monoisotopic (exact) mass is 434 g/mol. The molecule has 4 aromatic rings. The predicted molar refractivity (Wildman–Crippen MR) is 113 cm³/mol. The molecule has 1 unspecified atom stereocenters. The molecule has 0 saturated heterocycles. The number of rotatable bonds is 3. The van der Waals surface area contributed by atoms with Crippen LogP contribution < -0.4 is 0 Å². The number of carbonyl (C=O) groups is 1. The van der Waals surface area contributed by atoms with E-state index in [1.807, 2.05) is 38.4 Å². The molecule has 0 fully saturated rings. The largest absolute Gasteiger partial charge is 0.355 e. The smallest absolute Gasteiger partial charge is 0.276 e. The Morgan fingerprint density at radius 1 is 1.12 bits per heavy atom. The topological polar surface area (TPSA) is 64.2 Å². The zero-order chi connectivity index (χ0) is 22.4. The van der Waals surface area contributed by atoms with Crippen molar-refractivity contribution in [1.29, 1.82) is 0 Å². The van der Waals surface area contributed by atoms with Crippen molar-refractivity contribution in [1.82, 2.24) is 19.8 Å². The van der Waals surface area contributed by atoms with Gasteiger partial charge in [-0.3, -0.25) is 9.48 Å². The lowest BCUT2D eigenvalue weighted by atomic mass is 9.85. The van der Waals surface area contributed by atoms with Crippen LogP contribution in [0.15, 0.2) is 59.3 Å². The van der Waals surface area contributed by atoms with E-state index in [1.165, 1.54) is 17.7 Å². The molecule has 3 heterocycles. The highest BCUT2D eigenvalue weighted by Gasteiger charge is 2.32. The lowest BCUT2D eigenvalue weighted by Crippen LogP contribution is -2.38. The zero-order valence-corrected chi connectivity index (χ0v) is 17.5. The highest BCUT2D eigenvalue weighted by molar-refractivity contribution is 5.93. The summed E-state index contributed by atoms with van der Waals surface area (Å²) < 4.78 is 34.3. The van der Waals surface area contributed by atoms with Gasteiger partial charge in [0, 0.05) is 49.9 Å². The fourth-order valence-electron chi connectivity index (χ4n) is 4.34. The van der Waals surface area contributed by atoms with Crippen LogP contribution in [0.4, 0.5) is 8.78 Å². The molecule has 2 aromatic heterocycles. The van der Waals surface area contributed by atoms with E-state index in [1.54, 1.807) is 9.58 Å². The van der Waals surface area contributed by atoms with Crippen LogP contribution in [0, 0.1) is 18.6 Å². The van der Waals surface area contributed by atoms with Crippen molar-refractivity contribution in [2.75, 3.05) is 6.54 Å². The second-order valence-corrected chi connectivity index (χ2v) is 7.98. The third-order valence-electron chi connectivity index (χ3n) is 5.83. The third-order valence-corrected chi connectivity index (χ3v) is 5.83. The van der Waals surface area contributed by atoms with Gasteiger partial charge in [-0.05, 0) is 30.2 Å². The minimum Gasteiger partial charge on any atom is -0.355 e. The summed E-state index contributed by atoms with van der Waals surface area (Å²) in [4.78, 5) is 15.0. The van der Waals surface area contributed by atoms with Gasteiger partial charge < -0.3 is 9.42 Å². The number of hydrogen-bond acceptors (Lipinski definition) is 4. The summed E-state index contributed by atoms with van der Waals surface area (Å²) in [7, 11) is 1.87. The molecule has 0 radical (unpaired) electrons. The van der Waals surface area contributed by atoms with Gasteiger partial charge in [0.15, 0.2) is 11.5 Å². The highest BCUT2D eigenvalue weighted by atomic mass is 19.1. The van der Waals surface area contributed by atoms with E-state index < -0.39 is 11.6 Å². The molecule has 0 bridgehead atoms. The zero-order valence-electron chi connectivity index (χ0n) is 17.5. The molecule has 1 aliphatic heterocycles. The summed E-state index contributed by atoms with van der Waals surface area (Å²) in [5.41, 5.74) is 4.31. The molecule has 8 heteroatoms. The fraction of sp³-hybridized carbons (Fsp3) is 0.208. The second-order valence-electron chi connectivity index (χ2n) is 7.98. The lowest BCUT2D eigenvalue weighted by molar-refractivity contribution is 0.0714. The van der Waals surface area contributed by atoms with Crippen LogP contribution in [0.2, 0.25) is 0 Å². The number of benzene rings is 2. The van der Waals surface area contributed by atoms with Gasteiger partial charge in [0.05, 0.1) is 11.3 Å². The van der Waals surface area contributed by atoms with Crippen molar-refractivity contribution in [2.24, 2.45) is 7.05 Å². The van der Waals surface area contributed by atoms with Gasteiger partial charge in [0.1, 0.15) is 11.6 Å². The maximum Gasteiger partial charge on any atom is 0.276 e. The average Bonchev–Trinajstić information content (AvgIpc) is 3.38. The Kier molecular flexibility index (Phi) is 4.84. The molecular weight excluding hydrogens is 414 g/mol. The van der Waals surface area contributed by atoms with Crippen molar-refractivity contribution < 1.29 is 18.1 Å². The average molecular weight is 434 g/mol. The van der Waals surface area contributed by atoms with Gasteiger partial charge in [-0.2, -0.15) is 5.10 Å². The SMILES string of the molecule is Cc1nn(C)cc1C1CN(C(=O)c2cc(-c3ccc(F)cc3F)on2)Cc2ccccc21. The second kappa shape index (κ2) is 7.71. The fourth-order valence-corrected chi connectivity index (χ4v) is 4.34. The van der Waals surface area contributed by atoms with E-state index in [-0.39, 0.29) is 28.8 Å². The molecule has 0 N–H and O–H groups in total. The first-order valence-electron chi connectivity index (χ1n) is 10.2. The first-order valence-corrected chi connectivity index (χ1v) is 10.2. The minimum atomic E-state index is -0.779. The molecule has 5 rings (SSSR count). The van der Waals surface area contributed by atoms with Crippen LogP contribution >= 0.6 is 0 Å². The molecule has 32 heavy (non-hydrogen) atoms.